The van der Waals surface area contributed by atoms with Crippen LogP contribution in [0.5, 0.6) is 0 Å². The van der Waals surface area contributed by atoms with Crippen LogP contribution in [-0.4, -0.2) is 0 Å². The molecule has 0 fully saturated rings. The van der Waals surface area contributed by atoms with Gasteiger partial charge in [-0.25, -0.2) is 0 Å². The van der Waals surface area contributed by atoms with Gasteiger partial charge in [0.2, 0.25) is 0 Å². The van der Waals surface area contributed by atoms with Crippen LogP contribution in [0.25, 0.3) is 121 Å². The second-order valence-corrected chi connectivity index (χ2v) is 21.0. The minimum Gasteiger partial charge on any atom is -0.0622 e. The zero-order valence-electron chi connectivity index (χ0n) is 43.5. The molecule has 0 heteroatoms. The van der Waals surface area contributed by atoms with Crippen molar-refractivity contribution >= 4 is 32.3 Å². The van der Waals surface area contributed by atoms with Gasteiger partial charge in [0.25, 0.3) is 0 Å². The summed E-state index contributed by atoms with van der Waals surface area (Å²) >= 11 is 0. The van der Waals surface area contributed by atoms with Gasteiger partial charge in [0.1, 0.15) is 0 Å². The van der Waals surface area contributed by atoms with Crippen LogP contribution in [0.4, 0.5) is 0 Å². The molecule has 0 heterocycles. The first-order valence-corrected chi connectivity index (χ1v) is 27.5. The molecule has 0 saturated carbocycles. The van der Waals surface area contributed by atoms with E-state index in [1.54, 1.807) is 0 Å². The Morgan fingerprint density at radius 1 is 0.165 bits per heavy atom. The summed E-state index contributed by atoms with van der Waals surface area (Å²) in [5.74, 6) is 0. The van der Waals surface area contributed by atoms with Crippen molar-refractivity contribution in [2.45, 2.75) is 5.41 Å². The molecule has 1 aliphatic rings. The maximum Gasteiger partial charge on any atom is 0.0719 e. The minimum absolute atomic E-state index is 0.654. The van der Waals surface area contributed by atoms with E-state index in [4.69, 9.17) is 0 Å². The molecule has 14 aromatic rings. The van der Waals surface area contributed by atoms with Gasteiger partial charge in [-0.2, -0.15) is 0 Å². The van der Waals surface area contributed by atoms with Crippen molar-refractivity contribution in [2.24, 2.45) is 0 Å². The van der Waals surface area contributed by atoms with Crippen molar-refractivity contribution in [1.29, 1.82) is 0 Å². The molecule has 79 heavy (non-hydrogen) atoms. The fourth-order valence-corrected chi connectivity index (χ4v) is 13.3. The quantitative estimate of drug-likeness (QED) is 0.126. The highest BCUT2D eigenvalue weighted by molar-refractivity contribution is 6.24. The molecule has 1 unspecified atom stereocenters. The fraction of sp³-hybridized carbons (Fsp3) is 0.0127. The summed E-state index contributed by atoms with van der Waals surface area (Å²) in [6.45, 7) is 0. The third-order valence-corrected chi connectivity index (χ3v) is 16.8. The second kappa shape index (κ2) is 19.2. The highest BCUT2D eigenvalue weighted by Crippen LogP contribution is 2.59. The van der Waals surface area contributed by atoms with E-state index >= 15 is 0 Å². The summed E-state index contributed by atoms with van der Waals surface area (Å²) in [4.78, 5) is 0. The molecule has 1 aliphatic carbocycles. The number of fused-ring (bicyclic) bond motifs is 6. The summed E-state index contributed by atoms with van der Waals surface area (Å²) in [7, 11) is 0. The van der Waals surface area contributed by atoms with Gasteiger partial charge in [-0.15, -0.1) is 0 Å². The topological polar surface area (TPSA) is 0 Å². The first-order chi connectivity index (χ1) is 39.2. The van der Waals surface area contributed by atoms with Gasteiger partial charge in [0.15, 0.2) is 0 Å². The van der Waals surface area contributed by atoms with Gasteiger partial charge in [0.05, 0.1) is 5.41 Å². The number of hydrogen-bond donors (Lipinski definition) is 0. The lowest BCUT2D eigenvalue weighted by atomic mass is 9.65. The van der Waals surface area contributed by atoms with E-state index in [0.29, 0.717) is 0 Å². The Kier molecular flexibility index (Phi) is 11.2. The molecule has 0 nitrogen and oxygen atoms in total. The molecule has 368 valence electrons. The van der Waals surface area contributed by atoms with E-state index in [0.717, 1.165) is 0 Å². The predicted molar refractivity (Wildman–Crippen MR) is 334 cm³/mol. The second-order valence-electron chi connectivity index (χ2n) is 21.0. The molecular formula is C79H52. The molecule has 0 aliphatic heterocycles. The summed E-state index contributed by atoms with van der Waals surface area (Å²) in [5.41, 5.74) is 23.9. The highest BCUT2D eigenvalue weighted by Gasteiger charge is 2.47. The van der Waals surface area contributed by atoms with Gasteiger partial charge in [-0.05, 0) is 168 Å². The Balaban J connectivity index is 0.957. The van der Waals surface area contributed by atoms with E-state index in [-0.39, 0.29) is 0 Å². The van der Waals surface area contributed by atoms with Crippen LogP contribution in [-0.2, 0) is 5.41 Å². The molecule has 0 saturated heterocycles. The highest BCUT2D eigenvalue weighted by atomic mass is 14.5. The third kappa shape index (κ3) is 7.60. The average Bonchev–Trinajstić information content (AvgIpc) is 3.81. The Hall–Kier alpha value is -10.1. The SMILES string of the molecule is c1ccc(-c2ccc(C3(c4ccccc4-c4ccccc4)c4ccccc4-c4ccc(-c5c6ccccc6c(-c6ccc(-c7cc(-c8ccccc8)cc(-c8ccccc8)c7)c7ccccc67)c6ccccc56)cc43)cc2)cc1. The lowest BCUT2D eigenvalue weighted by Gasteiger charge is -2.36. The van der Waals surface area contributed by atoms with E-state index < -0.39 is 5.41 Å². The minimum atomic E-state index is -0.654. The molecule has 0 radical (unpaired) electrons. The van der Waals surface area contributed by atoms with Gasteiger partial charge in [0, 0.05) is 0 Å². The molecule has 0 bridgehead atoms. The van der Waals surface area contributed by atoms with E-state index in [1.165, 1.54) is 144 Å². The maximum absolute atomic E-state index is 2.55. The van der Waals surface area contributed by atoms with Crippen LogP contribution < -0.4 is 0 Å². The zero-order chi connectivity index (χ0) is 52.3. The number of hydrogen-bond acceptors (Lipinski definition) is 0. The maximum atomic E-state index is 2.55. The van der Waals surface area contributed by atoms with E-state index in [1.807, 2.05) is 0 Å². The van der Waals surface area contributed by atoms with Gasteiger partial charge < -0.3 is 0 Å². The van der Waals surface area contributed by atoms with Gasteiger partial charge in [-0.1, -0.05) is 291 Å². The molecular weight excluding hydrogens is 949 g/mol. The largest absolute Gasteiger partial charge is 0.0719 e. The summed E-state index contributed by atoms with van der Waals surface area (Å²) in [6.07, 6.45) is 0. The monoisotopic (exact) mass is 1000 g/mol. The van der Waals surface area contributed by atoms with Crippen molar-refractivity contribution < 1.29 is 0 Å². The van der Waals surface area contributed by atoms with Crippen molar-refractivity contribution in [3.63, 3.8) is 0 Å². The molecule has 0 aromatic heterocycles. The molecule has 14 aromatic carbocycles. The van der Waals surface area contributed by atoms with Gasteiger partial charge in [-0.3, -0.25) is 0 Å². The molecule has 15 rings (SSSR count). The normalized spacial score (nSPS) is 13.6. The smallest absolute Gasteiger partial charge is 0.0622 e. The summed E-state index contributed by atoms with van der Waals surface area (Å²) < 4.78 is 0. The van der Waals surface area contributed by atoms with Crippen molar-refractivity contribution in [2.75, 3.05) is 0 Å². The van der Waals surface area contributed by atoms with Crippen LogP contribution in [0, 0.1) is 0 Å². The molecule has 0 amide bonds. The lowest BCUT2D eigenvalue weighted by molar-refractivity contribution is 0.771. The van der Waals surface area contributed by atoms with E-state index in [9.17, 15) is 0 Å². The van der Waals surface area contributed by atoms with Crippen LogP contribution in [0.15, 0.2) is 315 Å². The molecule has 1 atom stereocenters. The first-order valence-electron chi connectivity index (χ1n) is 27.5. The predicted octanol–water partition coefficient (Wildman–Crippen LogP) is 21.2. The lowest BCUT2D eigenvalue weighted by Crippen LogP contribution is -2.29. The van der Waals surface area contributed by atoms with Gasteiger partial charge >= 0.3 is 0 Å². The Bertz CT molecular complexity index is 4500. The fourth-order valence-electron chi connectivity index (χ4n) is 13.3. The first kappa shape index (κ1) is 46.2. The summed E-state index contributed by atoms with van der Waals surface area (Å²) in [5, 5.41) is 7.37. The van der Waals surface area contributed by atoms with E-state index in [2.05, 4.69) is 315 Å². The van der Waals surface area contributed by atoms with Crippen molar-refractivity contribution in [3.05, 3.63) is 338 Å². The Morgan fingerprint density at radius 2 is 0.519 bits per heavy atom. The van der Waals surface area contributed by atoms with Crippen LogP contribution in [0.3, 0.4) is 0 Å². The van der Waals surface area contributed by atoms with Crippen molar-refractivity contribution in [1.82, 2.24) is 0 Å². The summed E-state index contributed by atoms with van der Waals surface area (Å²) in [6, 6.07) is 117. The molecule has 0 N–H and O–H groups in total. The van der Waals surface area contributed by atoms with Crippen LogP contribution >= 0.6 is 0 Å². The van der Waals surface area contributed by atoms with Crippen molar-refractivity contribution in [3.8, 4) is 89.0 Å². The number of benzene rings is 14. The Labute approximate surface area is 461 Å². The standard InChI is InChI=1S/C79H52/c1-5-23-53(24-6-1)56-41-44-62(45-42-56)79(74-39-21-19-31-64(74)57-29-11-4-12-30-57)75-40-22-20-34-67(75)68-46-43-58(52-76(68)79)77-69-35-15-17-37-71(69)78(72-38-18-16-36-70(72)77)73-48-47-63(65-32-13-14-33-66(65)73)61-50-59(54-25-7-2-8-26-54)49-60(51-61)55-27-9-3-10-28-55/h1-52H. The molecule has 0 spiro atoms. The van der Waals surface area contributed by atoms with Crippen LogP contribution in [0.1, 0.15) is 22.3 Å². The van der Waals surface area contributed by atoms with Crippen LogP contribution in [0.2, 0.25) is 0 Å². The Morgan fingerprint density at radius 3 is 1.08 bits per heavy atom. The average molecular weight is 1000 g/mol. The third-order valence-electron chi connectivity index (χ3n) is 16.8. The number of rotatable bonds is 9. The zero-order valence-corrected chi connectivity index (χ0v) is 43.5.